The van der Waals surface area contributed by atoms with E-state index in [1.807, 2.05) is 0 Å². The molecule has 5 nitrogen and oxygen atoms in total. The summed E-state index contributed by atoms with van der Waals surface area (Å²) in [6.45, 7) is 0.233. The number of ether oxygens (including phenoxy) is 1. The Labute approximate surface area is 64.1 Å². The predicted molar refractivity (Wildman–Crippen MR) is 36.8 cm³/mol. The lowest BCUT2D eigenvalue weighted by atomic mass is 10.3. The molecule has 0 aliphatic carbocycles. The summed E-state index contributed by atoms with van der Waals surface area (Å²) >= 11 is 0. The first-order valence-electron chi connectivity index (χ1n) is 3.34. The van der Waals surface area contributed by atoms with Gasteiger partial charge in [-0.05, 0) is 0 Å². The van der Waals surface area contributed by atoms with E-state index in [2.05, 4.69) is 10.6 Å². The van der Waals surface area contributed by atoms with Crippen molar-refractivity contribution in [1.82, 2.24) is 10.6 Å². The van der Waals surface area contributed by atoms with Crippen molar-refractivity contribution in [3.63, 3.8) is 0 Å². The Bertz CT molecular complexity index is 171. The van der Waals surface area contributed by atoms with Crippen LogP contribution in [0.2, 0.25) is 0 Å². The summed E-state index contributed by atoms with van der Waals surface area (Å²) in [5, 5.41) is 4.96. The van der Waals surface area contributed by atoms with Gasteiger partial charge in [-0.1, -0.05) is 0 Å². The van der Waals surface area contributed by atoms with Crippen LogP contribution in [0.15, 0.2) is 0 Å². The lowest BCUT2D eigenvalue weighted by Gasteiger charge is -2.21. The minimum Gasteiger partial charge on any atom is -0.357 e. The smallest absolute Gasteiger partial charge is 0.250 e. The van der Waals surface area contributed by atoms with Crippen molar-refractivity contribution in [3.8, 4) is 0 Å². The molecule has 5 heteroatoms. The topological polar surface area (TPSA) is 67.4 Å². The zero-order valence-electron chi connectivity index (χ0n) is 6.22. The molecule has 1 rings (SSSR count). The van der Waals surface area contributed by atoms with Crippen molar-refractivity contribution < 1.29 is 14.3 Å². The second-order valence-corrected chi connectivity index (χ2v) is 2.22. The molecule has 0 unspecified atom stereocenters. The van der Waals surface area contributed by atoms with Gasteiger partial charge in [0.15, 0.2) is 6.10 Å². The van der Waals surface area contributed by atoms with E-state index in [4.69, 9.17) is 4.74 Å². The highest BCUT2D eigenvalue weighted by molar-refractivity contribution is 5.84. The van der Waals surface area contributed by atoms with Crippen molar-refractivity contribution in [2.75, 3.05) is 20.2 Å². The maximum absolute atomic E-state index is 10.9. The number of morpholine rings is 1. The molecule has 0 aromatic heterocycles. The molecule has 62 valence electrons. The molecule has 1 atom stereocenters. The Morgan fingerprint density at radius 2 is 2.55 bits per heavy atom. The zero-order chi connectivity index (χ0) is 8.27. The normalized spacial score (nSPS) is 24.1. The Balaban J connectivity index is 2.39. The van der Waals surface area contributed by atoms with Gasteiger partial charge in [-0.15, -0.1) is 0 Å². The minimum absolute atomic E-state index is 0.0297. The summed E-state index contributed by atoms with van der Waals surface area (Å²) in [6, 6.07) is 0. The molecule has 1 fully saturated rings. The van der Waals surface area contributed by atoms with Crippen LogP contribution in [0.3, 0.4) is 0 Å². The van der Waals surface area contributed by atoms with Crippen molar-refractivity contribution in [2.45, 2.75) is 6.10 Å². The van der Waals surface area contributed by atoms with Gasteiger partial charge in [0.25, 0.3) is 5.91 Å². The largest absolute Gasteiger partial charge is 0.357 e. The Morgan fingerprint density at radius 1 is 1.82 bits per heavy atom. The first kappa shape index (κ1) is 8.00. The van der Waals surface area contributed by atoms with E-state index >= 15 is 0 Å². The fourth-order valence-electron chi connectivity index (χ4n) is 0.822. The van der Waals surface area contributed by atoms with Gasteiger partial charge >= 0.3 is 0 Å². The molecule has 2 amide bonds. The van der Waals surface area contributed by atoms with Crippen LogP contribution in [0.4, 0.5) is 0 Å². The number of hydrogen-bond donors (Lipinski definition) is 2. The molecule has 0 spiro atoms. The van der Waals surface area contributed by atoms with Crippen molar-refractivity contribution >= 4 is 11.8 Å². The highest BCUT2D eigenvalue weighted by Crippen LogP contribution is 1.95. The highest BCUT2D eigenvalue weighted by Gasteiger charge is 2.23. The van der Waals surface area contributed by atoms with E-state index in [-0.39, 0.29) is 25.0 Å². The number of hydrogen-bond acceptors (Lipinski definition) is 3. The van der Waals surface area contributed by atoms with E-state index in [1.54, 1.807) is 0 Å². The predicted octanol–water partition coefficient (Wildman–Crippen LogP) is -1.75. The van der Waals surface area contributed by atoms with Gasteiger partial charge in [-0.3, -0.25) is 9.59 Å². The maximum Gasteiger partial charge on any atom is 0.250 e. The average molecular weight is 158 g/mol. The van der Waals surface area contributed by atoms with Gasteiger partial charge in [0, 0.05) is 7.05 Å². The number of carbonyl (C=O) groups excluding carboxylic acids is 2. The second-order valence-electron chi connectivity index (χ2n) is 2.22. The van der Waals surface area contributed by atoms with Gasteiger partial charge in [0.05, 0.1) is 6.54 Å². The SMILES string of the molecule is CNC(=O)[C@@H]1CNC(=O)CO1. The number of amides is 2. The molecule has 0 saturated carbocycles. The third-order valence-electron chi connectivity index (χ3n) is 1.44. The molecule has 0 radical (unpaired) electrons. The van der Waals surface area contributed by atoms with Crippen LogP contribution in [0, 0.1) is 0 Å². The molecular weight excluding hydrogens is 148 g/mol. The molecule has 0 bridgehead atoms. The molecule has 1 heterocycles. The monoisotopic (exact) mass is 158 g/mol. The van der Waals surface area contributed by atoms with E-state index in [9.17, 15) is 9.59 Å². The number of likely N-dealkylation sites (N-methyl/N-ethyl adjacent to an activating group) is 1. The minimum atomic E-state index is -0.530. The van der Waals surface area contributed by atoms with Gasteiger partial charge in [0.2, 0.25) is 5.91 Å². The summed E-state index contributed by atoms with van der Waals surface area (Å²) in [5.74, 6) is -0.379. The highest BCUT2D eigenvalue weighted by atomic mass is 16.5. The summed E-state index contributed by atoms with van der Waals surface area (Å²) in [4.78, 5) is 21.4. The first-order chi connectivity index (χ1) is 5.24. The molecule has 1 aliphatic heterocycles. The zero-order valence-corrected chi connectivity index (χ0v) is 6.22. The molecule has 1 saturated heterocycles. The maximum atomic E-state index is 10.9. The Morgan fingerprint density at radius 3 is 3.00 bits per heavy atom. The fraction of sp³-hybridized carbons (Fsp3) is 0.667. The standard InChI is InChI=1S/C6H10N2O3/c1-7-6(10)4-2-8-5(9)3-11-4/h4H,2-3H2,1H3,(H,7,10)(H,8,9)/t4-/m0/s1. The fourth-order valence-corrected chi connectivity index (χ4v) is 0.822. The van der Waals surface area contributed by atoms with Gasteiger partial charge in [-0.2, -0.15) is 0 Å². The number of nitrogens with one attached hydrogen (secondary N) is 2. The third kappa shape index (κ3) is 1.91. The third-order valence-corrected chi connectivity index (χ3v) is 1.44. The van der Waals surface area contributed by atoms with Crippen molar-refractivity contribution in [1.29, 1.82) is 0 Å². The van der Waals surface area contributed by atoms with E-state index < -0.39 is 6.10 Å². The quantitative estimate of drug-likeness (QED) is 0.475. The average Bonchev–Trinajstić information content (AvgIpc) is 2.05. The van der Waals surface area contributed by atoms with E-state index in [0.717, 1.165) is 0 Å². The molecule has 11 heavy (non-hydrogen) atoms. The lowest BCUT2D eigenvalue weighted by Crippen LogP contribution is -2.49. The summed E-state index contributed by atoms with van der Waals surface area (Å²) in [7, 11) is 1.53. The summed E-state index contributed by atoms with van der Waals surface area (Å²) < 4.78 is 4.92. The summed E-state index contributed by atoms with van der Waals surface area (Å²) in [6.07, 6.45) is -0.530. The van der Waals surface area contributed by atoms with Crippen LogP contribution in [0.5, 0.6) is 0 Å². The molecule has 1 aliphatic rings. The second kappa shape index (κ2) is 3.34. The van der Waals surface area contributed by atoms with Crippen LogP contribution in [0.25, 0.3) is 0 Å². The summed E-state index contributed by atoms with van der Waals surface area (Å²) in [5.41, 5.74) is 0. The Kier molecular flexibility index (Phi) is 2.43. The van der Waals surface area contributed by atoms with Crippen LogP contribution < -0.4 is 10.6 Å². The van der Waals surface area contributed by atoms with Gasteiger partial charge < -0.3 is 15.4 Å². The molecule has 2 N–H and O–H groups in total. The number of rotatable bonds is 1. The van der Waals surface area contributed by atoms with E-state index in [1.165, 1.54) is 7.05 Å². The molecule has 0 aromatic carbocycles. The van der Waals surface area contributed by atoms with Crippen LogP contribution in [0.1, 0.15) is 0 Å². The van der Waals surface area contributed by atoms with Gasteiger partial charge in [0.1, 0.15) is 6.61 Å². The van der Waals surface area contributed by atoms with Crippen LogP contribution >= 0.6 is 0 Å². The van der Waals surface area contributed by atoms with E-state index in [0.29, 0.717) is 0 Å². The van der Waals surface area contributed by atoms with Crippen molar-refractivity contribution in [2.24, 2.45) is 0 Å². The number of carbonyl (C=O) groups is 2. The van der Waals surface area contributed by atoms with Gasteiger partial charge in [-0.25, -0.2) is 0 Å². The lowest BCUT2D eigenvalue weighted by molar-refractivity contribution is -0.143. The first-order valence-corrected chi connectivity index (χ1v) is 3.34. The Hall–Kier alpha value is -1.10. The molecule has 0 aromatic rings. The van der Waals surface area contributed by atoms with Crippen LogP contribution in [-0.4, -0.2) is 38.1 Å². The molecular formula is C6H10N2O3. The van der Waals surface area contributed by atoms with Crippen molar-refractivity contribution in [3.05, 3.63) is 0 Å². The van der Waals surface area contributed by atoms with Crippen LogP contribution in [-0.2, 0) is 14.3 Å².